The van der Waals surface area contributed by atoms with Crippen molar-refractivity contribution in [3.63, 3.8) is 0 Å². The van der Waals surface area contributed by atoms with Crippen LogP contribution in [0.2, 0.25) is 0 Å². The molecule has 1 aliphatic rings. The van der Waals surface area contributed by atoms with Gasteiger partial charge in [-0.25, -0.2) is 0 Å². The predicted molar refractivity (Wildman–Crippen MR) is 83.5 cm³/mol. The van der Waals surface area contributed by atoms with Crippen molar-refractivity contribution in [3.8, 4) is 23.4 Å². The maximum Gasteiger partial charge on any atom is 0.271 e. The minimum Gasteiger partial charge on any atom is -0.494 e. The molecular weight excluding hydrogens is 312 g/mol. The molecule has 0 radical (unpaired) electrons. The molecule has 3 rings (SSSR count). The van der Waals surface area contributed by atoms with E-state index in [2.05, 4.69) is 0 Å². The number of hydrogen-bond acceptors (Lipinski definition) is 6. The number of fused-ring (bicyclic) bond motifs is 1. The Morgan fingerprint density at radius 1 is 1.38 bits per heavy atom. The van der Waals surface area contributed by atoms with E-state index < -0.39 is 23.3 Å². The van der Waals surface area contributed by atoms with Crippen molar-refractivity contribution in [2.45, 2.75) is 13.0 Å². The van der Waals surface area contributed by atoms with Crippen LogP contribution in [-0.2, 0) is 7.05 Å². The van der Waals surface area contributed by atoms with Gasteiger partial charge in [0.05, 0.1) is 5.56 Å². The molecule has 1 aliphatic heterocycles. The Hall–Kier alpha value is -3.27. The number of ether oxygens (including phenoxy) is 2. The number of para-hydroxylation sites is 2. The first-order valence-electron chi connectivity index (χ1n) is 7.21. The topological polar surface area (TPSA) is 102 Å². The zero-order valence-corrected chi connectivity index (χ0v) is 13.1. The van der Waals surface area contributed by atoms with Crippen LogP contribution in [0.5, 0.6) is 17.4 Å². The fraction of sp³-hybridized carbons (Fsp3) is 0.235. The van der Waals surface area contributed by atoms with Gasteiger partial charge in [0.25, 0.3) is 5.56 Å². The number of Topliss-reactive ketones (excluding diaryl/α,β-unsaturated/α-hetero) is 1. The van der Waals surface area contributed by atoms with Crippen LogP contribution in [0.15, 0.2) is 29.1 Å². The first kappa shape index (κ1) is 15.6. The minimum absolute atomic E-state index is 0.0283. The molecule has 1 aromatic carbocycles. The van der Waals surface area contributed by atoms with E-state index in [4.69, 9.17) is 14.7 Å². The molecule has 0 saturated carbocycles. The number of ketones is 1. The van der Waals surface area contributed by atoms with Gasteiger partial charge in [-0.15, -0.1) is 0 Å². The van der Waals surface area contributed by atoms with Gasteiger partial charge in [0.15, 0.2) is 17.6 Å². The summed E-state index contributed by atoms with van der Waals surface area (Å²) in [5.41, 5.74) is -0.821. The minimum atomic E-state index is -0.978. The number of rotatable bonds is 2. The number of carbonyl (C=O) groups is 1. The Morgan fingerprint density at radius 2 is 2.04 bits per heavy atom. The van der Waals surface area contributed by atoms with Crippen LogP contribution < -0.4 is 15.0 Å². The normalized spacial score (nSPS) is 15.6. The highest BCUT2D eigenvalue weighted by Crippen LogP contribution is 2.33. The summed E-state index contributed by atoms with van der Waals surface area (Å²) in [5.74, 6) is -0.0965. The Bertz CT molecular complexity index is 939. The van der Waals surface area contributed by atoms with Crippen molar-refractivity contribution in [3.05, 3.63) is 51.3 Å². The number of nitrogens with zero attached hydrogens (tertiary/aromatic N) is 2. The molecule has 24 heavy (non-hydrogen) atoms. The van der Waals surface area contributed by atoms with Crippen molar-refractivity contribution in [1.29, 1.82) is 5.26 Å². The Kier molecular flexibility index (Phi) is 3.73. The van der Waals surface area contributed by atoms with Crippen LogP contribution >= 0.6 is 0 Å². The van der Waals surface area contributed by atoms with Crippen LogP contribution in [0.25, 0.3) is 0 Å². The van der Waals surface area contributed by atoms with E-state index >= 15 is 0 Å². The standard InChI is InChI=1S/C17H14N2O5/c1-9-10(7-18)16(21)19(2)17(22)14(9)15(20)13-8-23-11-5-3-4-6-12(11)24-13/h3-6,13,22H,8H2,1-2H3. The molecule has 0 bridgehead atoms. The second kappa shape index (κ2) is 5.74. The molecule has 2 heterocycles. The summed E-state index contributed by atoms with van der Waals surface area (Å²) in [6.07, 6.45) is -0.978. The van der Waals surface area contributed by atoms with E-state index in [0.717, 1.165) is 4.57 Å². The smallest absolute Gasteiger partial charge is 0.271 e. The summed E-state index contributed by atoms with van der Waals surface area (Å²) in [4.78, 5) is 24.8. The highest BCUT2D eigenvalue weighted by atomic mass is 16.6. The van der Waals surface area contributed by atoms with Gasteiger partial charge in [0, 0.05) is 7.05 Å². The van der Waals surface area contributed by atoms with E-state index in [1.54, 1.807) is 30.3 Å². The second-order valence-corrected chi connectivity index (χ2v) is 5.40. The van der Waals surface area contributed by atoms with Crippen molar-refractivity contribution in [2.75, 3.05) is 6.61 Å². The lowest BCUT2D eigenvalue weighted by Crippen LogP contribution is -2.38. The van der Waals surface area contributed by atoms with Crippen LogP contribution in [0.3, 0.4) is 0 Å². The van der Waals surface area contributed by atoms with E-state index in [0.29, 0.717) is 11.5 Å². The molecule has 1 unspecified atom stereocenters. The zero-order chi connectivity index (χ0) is 17.4. The Morgan fingerprint density at radius 3 is 2.71 bits per heavy atom. The molecule has 2 aromatic rings. The summed E-state index contributed by atoms with van der Waals surface area (Å²) in [5, 5.41) is 19.4. The number of hydrogen-bond donors (Lipinski definition) is 1. The molecular formula is C17H14N2O5. The number of carbonyl (C=O) groups excluding carboxylic acids is 1. The third kappa shape index (κ3) is 2.29. The first-order chi connectivity index (χ1) is 11.5. The van der Waals surface area contributed by atoms with Crippen LogP contribution in [0, 0.1) is 18.3 Å². The maximum atomic E-state index is 12.8. The fourth-order valence-electron chi connectivity index (χ4n) is 2.62. The van der Waals surface area contributed by atoms with E-state index in [1.165, 1.54) is 14.0 Å². The lowest BCUT2D eigenvalue weighted by atomic mass is 9.98. The summed E-state index contributed by atoms with van der Waals surface area (Å²) < 4.78 is 12.0. The fourth-order valence-corrected chi connectivity index (χ4v) is 2.62. The summed E-state index contributed by atoms with van der Waals surface area (Å²) in [7, 11) is 1.29. The van der Waals surface area contributed by atoms with Crippen LogP contribution in [-0.4, -0.2) is 28.2 Å². The number of aromatic hydroxyl groups is 1. The molecule has 0 saturated heterocycles. The maximum absolute atomic E-state index is 12.8. The number of pyridine rings is 1. The molecule has 7 nitrogen and oxygen atoms in total. The van der Waals surface area contributed by atoms with Crippen LogP contribution in [0.1, 0.15) is 21.5 Å². The average Bonchev–Trinajstić information content (AvgIpc) is 2.60. The lowest BCUT2D eigenvalue weighted by molar-refractivity contribution is 0.0581. The second-order valence-electron chi connectivity index (χ2n) is 5.40. The third-order valence-corrected chi connectivity index (χ3v) is 3.97. The highest BCUT2D eigenvalue weighted by Gasteiger charge is 2.33. The van der Waals surface area contributed by atoms with Gasteiger partial charge >= 0.3 is 0 Å². The van der Waals surface area contributed by atoms with Gasteiger partial charge in [0.2, 0.25) is 11.7 Å². The van der Waals surface area contributed by atoms with Gasteiger partial charge in [0.1, 0.15) is 18.2 Å². The summed E-state index contributed by atoms with van der Waals surface area (Å²) in [6.45, 7) is 1.42. The summed E-state index contributed by atoms with van der Waals surface area (Å²) in [6, 6.07) is 8.70. The molecule has 0 spiro atoms. The quantitative estimate of drug-likeness (QED) is 0.835. The van der Waals surface area contributed by atoms with Gasteiger partial charge in [-0.2, -0.15) is 5.26 Å². The molecule has 0 aliphatic carbocycles. The molecule has 7 heteroatoms. The molecule has 1 atom stereocenters. The number of nitriles is 1. The molecule has 122 valence electrons. The monoisotopic (exact) mass is 326 g/mol. The van der Waals surface area contributed by atoms with Crippen LogP contribution in [0.4, 0.5) is 0 Å². The average molecular weight is 326 g/mol. The van der Waals surface area contributed by atoms with Gasteiger partial charge < -0.3 is 14.6 Å². The van der Waals surface area contributed by atoms with Gasteiger partial charge in [-0.1, -0.05) is 12.1 Å². The summed E-state index contributed by atoms with van der Waals surface area (Å²) >= 11 is 0. The number of aromatic nitrogens is 1. The van der Waals surface area contributed by atoms with E-state index in [1.807, 2.05) is 0 Å². The first-order valence-corrected chi connectivity index (χ1v) is 7.21. The lowest BCUT2D eigenvalue weighted by Gasteiger charge is -2.26. The molecule has 0 amide bonds. The Labute approximate surface area is 137 Å². The van der Waals surface area contributed by atoms with Crippen molar-refractivity contribution in [2.24, 2.45) is 7.05 Å². The van der Waals surface area contributed by atoms with Crippen molar-refractivity contribution >= 4 is 5.78 Å². The number of benzene rings is 1. The third-order valence-electron chi connectivity index (χ3n) is 3.97. The van der Waals surface area contributed by atoms with Crippen molar-refractivity contribution in [1.82, 2.24) is 4.57 Å². The predicted octanol–water partition coefficient (Wildman–Crippen LogP) is 1.29. The highest BCUT2D eigenvalue weighted by molar-refractivity contribution is 6.03. The van der Waals surface area contributed by atoms with Gasteiger partial charge in [-0.05, 0) is 24.6 Å². The molecule has 1 aromatic heterocycles. The van der Waals surface area contributed by atoms with E-state index in [9.17, 15) is 14.7 Å². The SMILES string of the molecule is Cc1c(C(=O)C2COc3ccccc3O2)c(O)n(C)c(=O)c1C#N. The van der Waals surface area contributed by atoms with Crippen molar-refractivity contribution < 1.29 is 19.4 Å². The van der Waals surface area contributed by atoms with E-state index in [-0.39, 0.29) is 23.3 Å². The molecule has 1 N–H and O–H groups in total. The Balaban J connectivity index is 2.05. The van der Waals surface area contributed by atoms with Gasteiger partial charge in [-0.3, -0.25) is 14.2 Å². The largest absolute Gasteiger partial charge is 0.494 e. The zero-order valence-electron chi connectivity index (χ0n) is 13.1. The molecule has 0 fully saturated rings.